The Morgan fingerprint density at radius 1 is 1.31 bits per heavy atom. The minimum Gasteiger partial charge on any atom is -0.350 e. The maximum Gasteiger partial charge on any atom is 0.0510 e. The minimum absolute atomic E-state index is 0.695. The second kappa shape index (κ2) is 4.54. The van der Waals surface area contributed by atoms with E-state index in [1.807, 2.05) is 11.8 Å². The Hall–Kier alpha value is -0.890. The summed E-state index contributed by atoms with van der Waals surface area (Å²) in [5.41, 5.74) is 4.20. The third-order valence-corrected chi connectivity index (χ3v) is 4.00. The van der Waals surface area contributed by atoms with Crippen molar-refractivity contribution in [3.8, 4) is 0 Å². The van der Waals surface area contributed by atoms with Crippen LogP contribution in [0.1, 0.15) is 25.0 Å². The zero-order valence-corrected chi connectivity index (χ0v) is 11.3. The Bertz CT molecular complexity index is 497. The molecule has 0 amide bonds. The van der Waals surface area contributed by atoms with Gasteiger partial charge in [-0.25, -0.2) is 0 Å². The van der Waals surface area contributed by atoms with Gasteiger partial charge in [-0.05, 0) is 23.3 Å². The number of thioether (sulfide) groups is 1. The van der Waals surface area contributed by atoms with Crippen molar-refractivity contribution in [2.24, 2.45) is 7.05 Å². The molecule has 1 heterocycles. The highest BCUT2D eigenvalue weighted by molar-refractivity contribution is 7.99. The monoisotopic (exact) mass is 233 g/mol. The predicted octanol–water partition coefficient (Wildman–Crippen LogP) is 4.13. The number of para-hydroxylation sites is 1. The molecule has 1 aromatic heterocycles. The van der Waals surface area contributed by atoms with Crippen LogP contribution in [0, 0.1) is 6.92 Å². The minimum atomic E-state index is 0.695. The van der Waals surface area contributed by atoms with Gasteiger partial charge in [0.15, 0.2) is 0 Å². The molecule has 0 bridgehead atoms. The highest BCUT2D eigenvalue weighted by Crippen LogP contribution is 2.27. The Morgan fingerprint density at radius 3 is 2.75 bits per heavy atom. The maximum atomic E-state index is 2.27. The molecule has 0 fully saturated rings. The fraction of sp³-hybridized carbons (Fsp3) is 0.429. The van der Waals surface area contributed by atoms with Crippen LogP contribution in [-0.4, -0.2) is 9.82 Å². The Morgan fingerprint density at radius 2 is 2.06 bits per heavy atom. The van der Waals surface area contributed by atoms with Crippen LogP contribution in [0.25, 0.3) is 10.9 Å². The van der Waals surface area contributed by atoms with Crippen molar-refractivity contribution in [3.63, 3.8) is 0 Å². The van der Waals surface area contributed by atoms with Crippen molar-refractivity contribution in [2.75, 3.05) is 0 Å². The summed E-state index contributed by atoms with van der Waals surface area (Å²) < 4.78 is 2.25. The van der Waals surface area contributed by atoms with Crippen LogP contribution in [-0.2, 0) is 12.8 Å². The number of fused-ring (bicyclic) bond motifs is 1. The van der Waals surface area contributed by atoms with Gasteiger partial charge in [0.2, 0.25) is 0 Å². The summed E-state index contributed by atoms with van der Waals surface area (Å²) in [5, 5.41) is 2.11. The van der Waals surface area contributed by atoms with Crippen molar-refractivity contribution in [3.05, 3.63) is 35.5 Å². The Balaban J connectivity index is 2.43. The molecule has 1 aromatic carbocycles. The molecule has 0 aliphatic carbocycles. The van der Waals surface area contributed by atoms with Crippen molar-refractivity contribution in [2.45, 2.75) is 31.8 Å². The fourth-order valence-corrected chi connectivity index (χ4v) is 2.87. The van der Waals surface area contributed by atoms with E-state index in [0.29, 0.717) is 5.25 Å². The van der Waals surface area contributed by atoms with Gasteiger partial charge in [-0.3, -0.25) is 0 Å². The molecule has 2 aromatic rings. The average Bonchev–Trinajstić information content (AvgIpc) is 2.54. The van der Waals surface area contributed by atoms with Gasteiger partial charge in [0, 0.05) is 24.4 Å². The van der Waals surface area contributed by atoms with Gasteiger partial charge >= 0.3 is 0 Å². The van der Waals surface area contributed by atoms with E-state index in [9.17, 15) is 0 Å². The van der Waals surface area contributed by atoms with Gasteiger partial charge < -0.3 is 4.57 Å². The van der Waals surface area contributed by atoms with Gasteiger partial charge in [0.05, 0.1) is 5.52 Å². The van der Waals surface area contributed by atoms with E-state index in [2.05, 4.69) is 56.8 Å². The molecule has 2 heteroatoms. The summed E-state index contributed by atoms with van der Waals surface area (Å²) in [6.07, 6.45) is 2.27. The SMILES string of the molecule is Cc1cccc2c(CSC(C)C)cn(C)c12. The van der Waals surface area contributed by atoms with E-state index in [1.54, 1.807) is 0 Å². The van der Waals surface area contributed by atoms with Crippen LogP contribution in [0.5, 0.6) is 0 Å². The summed E-state index contributed by atoms with van der Waals surface area (Å²) in [6, 6.07) is 6.57. The van der Waals surface area contributed by atoms with Crippen LogP contribution in [0.2, 0.25) is 0 Å². The first-order chi connectivity index (χ1) is 7.59. The molecule has 16 heavy (non-hydrogen) atoms. The van der Waals surface area contributed by atoms with E-state index < -0.39 is 0 Å². The third kappa shape index (κ3) is 2.12. The molecule has 0 atom stereocenters. The van der Waals surface area contributed by atoms with Crippen molar-refractivity contribution in [1.29, 1.82) is 0 Å². The van der Waals surface area contributed by atoms with Crippen LogP contribution < -0.4 is 0 Å². The summed E-state index contributed by atoms with van der Waals surface area (Å²) in [7, 11) is 2.14. The summed E-state index contributed by atoms with van der Waals surface area (Å²) in [4.78, 5) is 0. The largest absolute Gasteiger partial charge is 0.350 e. The smallest absolute Gasteiger partial charge is 0.0510 e. The second-order valence-electron chi connectivity index (χ2n) is 4.60. The van der Waals surface area contributed by atoms with Gasteiger partial charge in [0.25, 0.3) is 0 Å². The summed E-state index contributed by atoms with van der Waals surface area (Å²) >= 11 is 2.01. The van der Waals surface area contributed by atoms with Crippen LogP contribution in [0.3, 0.4) is 0 Å². The number of aryl methyl sites for hydroxylation is 2. The van der Waals surface area contributed by atoms with Crippen LogP contribution >= 0.6 is 11.8 Å². The quantitative estimate of drug-likeness (QED) is 0.771. The van der Waals surface area contributed by atoms with Crippen molar-refractivity contribution >= 4 is 22.7 Å². The molecule has 0 aliphatic heterocycles. The van der Waals surface area contributed by atoms with Gasteiger partial charge in [-0.2, -0.15) is 11.8 Å². The molecule has 0 unspecified atom stereocenters. The first-order valence-corrected chi connectivity index (χ1v) is 6.79. The standard InChI is InChI=1S/C14H19NS/c1-10(2)16-9-12-8-15(4)14-11(3)6-5-7-13(12)14/h5-8,10H,9H2,1-4H3. The van der Waals surface area contributed by atoms with E-state index in [1.165, 1.54) is 22.0 Å². The zero-order chi connectivity index (χ0) is 11.7. The molecule has 0 aliphatic rings. The Labute approximate surface area is 102 Å². The lowest BCUT2D eigenvalue weighted by atomic mass is 10.1. The highest BCUT2D eigenvalue weighted by Gasteiger charge is 2.08. The zero-order valence-electron chi connectivity index (χ0n) is 10.4. The molecule has 0 N–H and O–H groups in total. The molecule has 0 radical (unpaired) electrons. The van der Waals surface area contributed by atoms with E-state index in [0.717, 1.165) is 5.75 Å². The fourth-order valence-electron chi connectivity index (χ4n) is 2.13. The number of hydrogen-bond acceptors (Lipinski definition) is 1. The second-order valence-corrected chi connectivity index (χ2v) is 6.16. The molecule has 0 saturated heterocycles. The van der Waals surface area contributed by atoms with Gasteiger partial charge in [-0.15, -0.1) is 0 Å². The average molecular weight is 233 g/mol. The number of aromatic nitrogens is 1. The van der Waals surface area contributed by atoms with E-state index >= 15 is 0 Å². The lowest BCUT2D eigenvalue weighted by Crippen LogP contribution is -1.88. The molecule has 0 spiro atoms. The van der Waals surface area contributed by atoms with Crippen LogP contribution in [0.4, 0.5) is 0 Å². The summed E-state index contributed by atoms with van der Waals surface area (Å²) in [6.45, 7) is 6.68. The molecule has 0 saturated carbocycles. The van der Waals surface area contributed by atoms with Crippen LogP contribution in [0.15, 0.2) is 24.4 Å². The van der Waals surface area contributed by atoms with Gasteiger partial charge in [-0.1, -0.05) is 32.0 Å². The van der Waals surface area contributed by atoms with E-state index in [4.69, 9.17) is 0 Å². The van der Waals surface area contributed by atoms with Gasteiger partial charge in [0.1, 0.15) is 0 Å². The first-order valence-electron chi connectivity index (χ1n) is 5.74. The molecular weight excluding hydrogens is 214 g/mol. The topological polar surface area (TPSA) is 4.93 Å². The normalized spacial score (nSPS) is 11.6. The number of rotatable bonds is 3. The molecular formula is C14H19NS. The lowest BCUT2D eigenvalue weighted by Gasteiger charge is -2.03. The molecule has 2 rings (SSSR count). The highest BCUT2D eigenvalue weighted by atomic mass is 32.2. The molecule has 86 valence electrons. The third-order valence-electron chi connectivity index (χ3n) is 2.86. The number of hydrogen-bond donors (Lipinski definition) is 0. The van der Waals surface area contributed by atoms with Crippen molar-refractivity contribution in [1.82, 2.24) is 4.57 Å². The number of nitrogens with zero attached hydrogens (tertiary/aromatic N) is 1. The molecule has 1 nitrogen and oxygen atoms in total. The maximum absolute atomic E-state index is 2.27. The summed E-state index contributed by atoms with van der Waals surface area (Å²) in [5.74, 6) is 1.11. The number of benzene rings is 1. The lowest BCUT2D eigenvalue weighted by molar-refractivity contribution is 0.958. The predicted molar refractivity (Wildman–Crippen MR) is 74.1 cm³/mol. The van der Waals surface area contributed by atoms with E-state index in [-0.39, 0.29) is 0 Å². The first kappa shape index (κ1) is 11.6. The Kier molecular flexibility index (Phi) is 3.29. The van der Waals surface area contributed by atoms with Crippen molar-refractivity contribution < 1.29 is 0 Å².